The lowest BCUT2D eigenvalue weighted by molar-refractivity contribution is -0.181. The maximum atomic E-state index is 13.2. The number of ether oxygens (including phenoxy) is 1. The van der Waals surface area contributed by atoms with Gasteiger partial charge in [-0.25, -0.2) is 9.37 Å². The molecule has 0 radical (unpaired) electrons. The average molecular weight is 400 g/mol. The van der Waals surface area contributed by atoms with Crippen molar-refractivity contribution in [2.75, 3.05) is 26.2 Å². The number of amides is 1. The van der Waals surface area contributed by atoms with Crippen LogP contribution >= 0.6 is 0 Å². The van der Waals surface area contributed by atoms with Crippen molar-refractivity contribution >= 4 is 5.91 Å². The number of piperidine rings is 1. The van der Waals surface area contributed by atoms with Crippen LogP contribution in [0.2, 0.25) is 0 Å². The van der Waals surface area contributed by atoms with Crippen molar-refractivity contribution in [1.82, 2.24) is 19.4 Å². The van der Waals surface area contributed by atoms with E-state index in [-0.39, 0.29) is 11.7 Å². The lowest BCUT2D eigenvalue weighted by Crippen LogP contribution is -2.54. The fourth-order valence-electron chi connectivity index (χ4n) is 4.53. The monoisotopic (exact) mass is 400 g/mol. The molecule has 1 amide bonds. The minimum atomic E-state index is -0.519. The Labute approximate surface area is 171 Å². The lowest BCUT2D eigenvalue weighted by atomic mass is 9.88. The zero-order valence-corrected chi connectivity index (χ0v) is 17.2. The van der Waals surface area contributed by atoms with E-state index in [0.29, 0.717) is 19.6 Å². The fraction of sp³-hybridized carbons (Fsp3) is 0.545. The van der Waals surface area contributed by atoms with E-state index in [1.165, 1.54) is 12.1 Å². The summed E-state index contributed by atoms with van der Waals surface area (Å²) in [4.78, 5) is 21.8. The highest BCUT2D eigenvalue weighted by Crippen LogP contribution is 2.40. The van der Waals surface area contributed by atoms with Crippen LogP contribution in [0.4, 0.5) is 4.39 Å². The van der Waals surface area contributed by atoms with Crippen molar-refractivity contribution in [3.63, 3.8) is 0 Å². The number of rotatable bonds is 5. The molecule has 0 unspecified atom stereocenters. The molecule has 0 saturated carbocycles. The Morgan fingerprint density at radius 3 is 2.59 bits per heavy atom. The summed E-state index contributed by atoms with van der Waals surface area (Å²) >= 11 is 0. The summed E-state index contributed by atoms with van der Waals surface area (Å²) < 4.78 is 21.8. The van der Waals surface area contributed by atoms with Gasteiger partial charge in [-0.05, 0) is 44.4 Å². The van der Waals surface area contributed by atoms with Crippen molar-refractivity contribution in [2.24, 2.45) is 0 Å². The first-order chi connectivity index (χ1) is 14.0. The number of carbonyl (C=O) groups excluding carboxylic acids is 1. The highest BCUT2D eigenvalue weighted by Gasteiger charge is 2.47. The molecule has 4 rings (SSSR count). The maximum absolute atomic E-state index is 13.2. The van der Waals surface area contributed by atoms with E-state index in [4.69, 9.17) is 4.74 Å². The van der Waals surface area contributed by atoms with Gasteiger partial charge in [0.15, 0.2) is 6.10 Å². The van der Waals surface area contributed by atoms with E-state index < -0.39 is 11.7 Å². The van der Waals surface area contributed by atoms with Gasteiger partial charge in [-0.15, -0.1) is 0 Å². The largest absolute Gasteiger partial charge is 0.352 e. The zero-order valence-electron chi connectivity index (χ0n) is 17.2. The Kier molecular flexibility index (Phi) is 5.69. The second-order valence-corrected chi connectivity index (χ2v) is 7.92. The van der Waals surface area contributed by atoms with E-state index in [1.54, 1.807) is 6.20 Å². The summed E-state index contributed by atoms with van der Waals surface area (Å²) in [5.74, 6) is 0.780. The molecule has 2 aromatic rings. The normalized spacial score (nSPS) is 21.1. The number of likely N-dealkylation sites (N-methyl/N-ethyl adjacent to an activating group) is 1. The molecule has 1 spiro atoms. The molecular weight excluding hydrogens is 371 g/mol. The molecule has 29 heavy (non-hydrogen) atoms. The van der Waals surface area contributed by atoms with Gasteiger partial charge >= 0.3 is 0 Å². The first-order valence-corrected chi connectivity index (χ1v) is 10.5. The molecular formula is C22H29FN4O2. The summed E-state index contributed by atoms with van der Waals surface area (Å²) in [5.41, 5.74) is 0.581. The first kappa shape index (κ1) is 20.0. The van der Waals surface area contributed by atoms with Crippen molar-refractivity contribution in [3.8, 4) is 0 Å². The van der Waals surface area contributed by atoms with Crippen molar-refractivity contribution in [1.29, 1.82) is 0 Å². The molecule has 156 valence electrons. The van der Waals surface area contributed by atoms with E-state index in [9.17, 15) is 9.18 Å². The second-order valence-electron chi connectivity index (χ2n) is 7.92. The Morgan fingerprint density at radius 2 is 1.93 bits per heavy atom. The Balaban J connectivity index is 1.48. The standard InChI is InChI=1S/C22H29FN4O2/c1-3-26(4-2)20(28)19-16-27-14-11-24-21(27)22(29-19)9-12-25(13-10-22)15-17-5-7-18(23)8-6-17/h5-8,11,14,19H,3-4,9-10,12-13,15-16H2,1-2H3/t19-/m0/s1. The summed E-state index contributed by atoms with van der Waals surface area (Å²) in [6, 6.07) is 6.68. The minimum absolute atomic E-state index is 0.0578. The van der Waals surface area contributed by atoms with Gasteiger partial charge < -0.3 is 14.2 Å². The van der Waals surface area contributed by atoms with Gasteiger partial charge in [0.1, 0.15) is 17.2 Å². The maximum Gasteiger partial charge on any atom is 0.253 e. The van der Waals surface area contributed by atoms with Gasteiger partial charge in [-0.3, -0.25) is 9.69 Å². The van der Waals surface area contributed by atoms with Crippen LogP contribution in [0.5, 0.6) is 0 Å². The van der Waals surface area contributed by atoms with Crippen LogP contribution in [-0.2, 0) is 28.2 Å². The smallest absolute Gasteiger partial charge is 0.253 e. The van der Waals surface area contributed by atoms with Gasteiger partial charge in [0.05, 0.1) is 6.54 Å². The van der Waals surface area contributed by atoms with E-state index in [2.05, 4.69) is 14.5 Å². The SMILES string of the molecule is CCN(CC)C(=O)[C@@H]1Cn2ccnc2C2(CCN(Cc3ccc(F)cc3)CC2)O1. The van der Waals surface area contributed by atoms with Crippen LogP contribution in [0, 0.1) is 5.82 Å². The van der Waals surface area contributed by atoms with Crippen molar-refractivity contribution < 1.29 is 13.9 Å². The molecule has 0 bridgehead atoms. The van der Waals surface area contributed by atoms with Gasteiger partial charge in [0.2, 0.25) is 0 Å². The first-order valence-electron chi connectivity index (χ1n) is 10.5. The van der Waals surface area contributed by atoms with E-state index >= 15 is 0 Å². The topological polar surface area (TPSA) is 50.6 Å². The number of carbonyl (C=O) groups is 1. The zero-order chi connectivity index (χ0) is 20.4. The van der Waals surface area contributed by atoms with Gasteiger partial charge in [0.25, 0.3) is 5.91 Å². The summed E-state index contributed by atoms with van der Waals surface area (Å²) in [6.45, 7) is 8.35. The summed E-state index contributed by atoms with van der Waals surface area (Å²) in [5, 5.41) is 0. The van der Waals surface area contributed by atoms with E-state index in [0.717, 1.165) is 43.9 Å². The van der Waals surface area contributed by atoms with Crippen LogP contribution in [0.3, 0.4) is 0 Å². The molecule has 2 aliphatic heterocycles. The Hall–Kier alpha value is -2.25. The van der Waals surface area contributed by atoms with E-state index in [1.807, 2.05) is 37.1 Å². The number of likely N-dealkylation sites (tertiary alicyclic amines) is 1. The summed E-state index contributed by atoms with van der Waals surface area (Å²) in [6.07, 6.45) is 4.85. The molecule has 1 aromatic heterocycles. The predicted octanol–water partition coefficient (Wildman–Crippen LogP) is 2.78. The second kappa shape index (κ2) is 8.24. The highest BCUT2D eigenvalue weighted by atomic mass is 19.1. The third kappa shape index (κ3) is 3.94. The van der Waals surface area contributed by atoms with Gasteiger partial charge in [-0.1, -0.05) is 12.1 Å². The molecule has 1 fully saturated rings. The Morgan fingerprint density at radius 1 is 1.24 bits per heavy atom. The van der Waals surface area contributed by atoms with Crippen molar-refractivity contribution in [3.05, 3.63) is 53.9 Å². The van der Waals surface area contributed by atoms with Crippen LogP contribution < -0.4 is 0 Å². The number of hydrogen-bond donors (Lipinski definition) is 0. The quantitative estimate of drug-likeness (QED) is 0.775. The number of imidazole rings is 1. The molecule has 1 aromatic carbocycles. The van der Waals surface area contributed by atoms with Crippen LogP contribution in [0.25, 0.3) is 0 Å². The third-order valence-electron chi connectivity index (χ3n) is 6.19. The van der Waals surface area contributed by atoms with Gasteiger partial charge in [0, 0.05) is 45.1 Å². The van der Waals surface area contributed by atoms with Crippen LogP contribution in [0.1, 0.15) is 38.1 Å². The molecule has 0 aliphatic carbocycles. The molecule has 3 heterocycles. The fourth-order valence-corrected chi connectivity index (χ4v) is 4.53. The Bertz CT molecular complexity index is 839. The number of aromatic nitrogens is 2. The molecule has 1 saturated heterocycles. The predicted molar refractivity (Wildman–Crippen MR) is 108 cm³/mol. The number of benzene rings is 1. The number of hydrogen-bond acceptors (Lipinski definition) is 4. The molecule has 0 N–H and O–H groups in total. The van der Waals surface area contributed by atoms with Crippen molar-refractivity contribution in [2.45, 2.75) is 51.5 Å². The molecule has 1 atom stereocenters. The number of halogens is 1. The average Bonchev–Trinajstić information content (AvgIpc) is 3.22. The minimum Gasteiger partial charge on any atom is -0.352 e. The highest BCUT2D eigenvalue weighted by molar-refractivity contribution is 5.81. The summed E-state index contributed by atoms with van der Waals surface area (Å²) in [7, 11) is 0. The van der Waals surface area contributed by atoms with Crippen LogP contribution in [-0.4, -0.2) is 57.5 Å². The molecule has 7 heteroatoms. The molecule has 2 aliphatic rings. The molecule has 6 nitrogen and oxygen atoms in total. The lowest BCUT2D eigenvalue weighted by Gasteiger charge is -2.46. The van der Waals surface area contributed by atoms with Gasteiger partial charge in [-0.2, -0.15) is 0 Å². The number of fused-ring (bicyclic) bond motifs is 2. The van der Waals surface area contributed by atoms with Crippen LogP contribution in [0.15, 0.2) is 36.7 Å². The number of nitrogens with zero attached hydrogens (tertiary/aromatic N) is 4. The third-order valence-corrected chi connectivity index (χ3v) is 6.19.